The summed E-state index contributed by atoms with van der Waals surface area (Å²) in [5, 5.41) is 25.0. The van der Waals surface area contributed by atoms with E-state index in [1.165, 1.54) is 13.1 Å². The third kappa shape index (κ3) is 3.39. The van der Waals surface area contributed by atoms with Gasteiger partial charge in [-0.1, -0.05) is 0 Å². The Labute approximate surface area is 103 Å². The molecule has 0 unspecified atom stereocenters. The van der Waals surface area contributed by atoms with Gasteiger partial charge >= 0.3 is 0 Å². The lowest BCUT2D eigenvalue weighted by Gasteiger charge is -2.12. The zero-order chi connectivity index (χ0) is 13.7. The van der Waals surface area contributed by atoms with Crippen molar-refractivity contribution in [2.75, 3.05) is 18.9 Å². The number of nitro groups is 1. The molecule has 0 aliphatic rings. The lowest BCUT2D eigenvalue weighted by atomic mass is 10.2. The Morgan fingerprint density at radius 2 is 2.33 bits per heavy atom. The molecule has 1 rings (SSSR count). The van der Waals surface area contributed by atoms with Gasteiger partial charge < -0.3 is 15.7 Å². The number of likely N-dealkylation sites (N-methyl/N-ethyl adjacent to an activating group) is 1. The average molecular weight is 254 g/mol. The monoisotopic (exact) mass is 254 g/mol. The summed E-state index contributed by atoms with van der Waals surface area (Å²) in [5.74, 6) is -0.120. The zero-order valence-electron chi connectivity index (χ0n) is 10.0. The van der Waals surface area contributed by atoms with Gasteiger partial charge in [0, 0.05) is 13.1 Å². The Morgan fingerprint density at radius 1 is 1.67 bits per heavy atom. The Bertz CT molecular complexity index is 463. The molecule has 3 N–H and O–H groups in total. The molecular weight excluding hydrogens is 240 g/mol. The molecule has 1 amide bonds. The van der Waals surface area contributed by atoms with Gasteiger partial charge in [-0.3, -0.25) is 14.9 Å². The molecule has 0 aromatic carbocycles. The maximum Gasteiger partial charge on any atom is 0.287 e. The van der Waals surface area contributed by atoms with Crippen LogP contribution >= 0.6 is 0 Å². The van der Waals surface area contributed by atoms with E-state index in [1.54, 1.807) is 6.92 Å². The number of nitrogens with zero attached hydrogens (tertiary/aromatic N) is 2. The summed E-state index contributed by atoms with van der Waals surface area (Å²) in [4.78, 5) is 24.9. The summed E-state index contributed by atoms with van der Waals surface area (Å²) < 4.78 is 0. The van der Waals surface area contributed by atoms with Gasteiger partial charge in [-0.05, 0) is 12.5 Å². The van der Waals surface area contributed by atoms with Gasteiger partial charge in [0.15, 0.2) is 0 Å². The van der Waals surface area contributed by atoms with E-state index in [-0.39, 0.29) is 12.2 Å². The number of nitrogens with one attached hydrogen (secondary N) is 2. The normalized spacial score (nSPS) is 11.7. The number of aliphatic hydroxyl groups is 1. The van der Waals surface area contributed by atoms with Crippen LogP contribution in [0.1, 0.15) is 5.56 Å². The first-order valence-corrected chi connectivity index (χ1v) is 5.20. The highest BCUT2D eigenvalue weighted by atomic mass is 16.6. The Kier molecular flexibility index (Phi) is 4.55. The predicted octanol–water partition coefficient (Wildman–Crippen LogP) is -0.183. The summed E-state index contributed by atoms with van der Waals surface area (Å²) in [6.45, 7) is 1.62. The van der Waals surface area contributed by atoms with Crippen LogP contribution in [0.15, 0.2) is 12.3 Å². The Hall–Kier alpha value is -2.22. The van der Waals surface area contributed by atoms with Gasteiger partial charge in [-0.25, -0.2) is 4.98 Å². The molecule has 1 aromatic rings. The van der Waals surface area contributed by atoms with Crippen molar-refractivity contribution >= 4 is 17.4 Å². The van der Waals surface area contributed by atoms with Crippen molar-refractivity contribution in [2.45, 2.75) is 13.0 Å². The number of carbonyl (C=O) groups is 1. The number of amides is 1. The van der Waals surface area contributed by atoms with Gasteiger partial charge in [-0.2, -0.15) is 0 Å². The molecule has 1 heterocycles. The fourth-order valence-corrected chi connectivity index (χ4v) is 1.30. The highest BCUT2D eigenvalue weighted by Gasteiger charge is 2.14. The Balaban J connectivity index is 2.69. The van der Waals surface area contributed by atoms with Gasteiger partial charge in [0.05, 0.1) is 11.5 Å². The number of aromatic nitrogens is 1. The van der Waals surface area contributed by atoms with Crippen molar-refractivity contribution in [3.05, 3.63) is 27.9 Å². The summed E-state index contributed by atoms with van der Waals surface area (Å²) >= 11 is 0. The van der Waals surface area contributed by atoms with E-state index >= 15 is 0 Å². The number of carbonyl (C=O) groups excluding carboxylic acids is 1. The van der Waals surface area contributed by atoms with E-state index in [0.717, 1.165) is 6.20 Å². The number of anilines is 1. The first kappa shape index (κ1) is 13.8. The molecule has 8 nitrogen and oxygen atoms in total. The molecule has 0 aliphatic heterocycles. The minimum Gasteiger partial charge on any atom is -0.381 e. The van der Waals surface area contributed by atoms with Crippen LogP contribution in [-0.4, -0.2) is 40.6 Å². The second-order valence-corrected chi connectivity index (χ2v) is 3.63. The van der Waals surface area contributed by atoms with Crippen molar-refractivity contribution in [3.63, 3.8) is 0 Å². The van der Waals surface area contributed by atoms with E-state index in [9.17, 15) is 20.0 Å². The largest absolute Gasteiger partial charge is 0.381 e. The molecule has 0 bridgehead atoms. The predicted molar refractivity (Wildman–Crippen MR) is 64.2 cm³/mol. The van der Waals surface area contributed by atoms with Crippen LogP contribution in [0.3, 0.4) is 0 Å². The molecular formula is C10H14N4O4. The average Bonchev–Trinajstić information content (AvgIpc) is 2.35. The van der Waals surface area contributed by atoms with Crippen molar-refractivity contribution in [2.24, 2.45) is 0 Å². The van der Waals surface area contributed by atoms with E-state index in [4.69, 9.17) is 0 Å². The van der Waals surface area contributed by atoms with E-state index < -0.39 is 16.9 Å². The van der Waals surface area contributed by atoms with Crippen molar-refractivity contribution in [3.8, 4) is 0 Å². The molecule has 0 radical (unpaired) electrons. The van der Waals surface area contributed by atoms with E-state index in [1.807, 2.05) is 0 Å². The third-order valence-corrected chi connectivity index (χ3v) is 2.29. The number of pyridine rings is 1. The summed E-state index contributed by atoms with van der Waals surface area (Å²) in [5.41, 5.74) is 0.457. The van der Waals surface area contributed by atoms with Crippen LogP contribution < -0.4 is 10.6 Å². The molecule has 1 atom stereocenters. The van der Waals surface area contributed by atoms with Crippen molar-refractivity contribution in [1.29, 1.82) is 0 Å². The van der Waals surface area contributed by atoms with Gasteiger partial charge in [-0.15, -0.1) is 0 Å². The molecule has 8 heteroatoms. The molecule has 0 saturated carbocycles. The molecule has 0 fully saturated rings. The molecule has 0 aliphatic carbocycles. The molecule has 98 valence electrons. The van der Waals surface area contributed by atoms with Gasteiger partial charge in [0.25, 0.3) is 5.69 Å². The molecule has 1 aromatic heterocycles. The number of aryl methyl sites for hydroxylation is 1. The van der Waals surface area contributed by atoms with Gasteiger partial charge in [0.1, 0.15) is 18.1 Å². The number of aliphatic hydroxyl groups excluding tert-OH is 1. The topological polar surface area (TPSA) is 117 Å². The zero-order valence-corrected chi connectivity index (χ0v) is 10.0. The quantitative estimate of drug-likeness (QED) is 0.495. The highest BCUT2D eigenvalue weighted by Crippen LogP contribution is 2.17. The standard InChI is InChI=1S/C10H14N4O4/c1-6-3-7(14(17)18)4-12-9(6)13-5-8(15)10(16)11-2/h3-4,8,15H,5H2,1-2H3,(H,11,16)(H,12,13)/t8-/m0/s1. The minimum atomic E-state index is -1.20. The molecule has 18 heavy (non-hydrogen) atoms. The first-order valence-electron chi connectivity index (χ1n) is 5.20. The number of hydrogen-bond donors (Lipinski definition) is 3. The Morgan fingerprint density at radius 3 is 2.83 bits per heavy atom. The SMILES string of the molecule is CNC(=O)[C@@H](O)CNc1ncc([N+](=O)[O-])cc1C. The lowest BCUT2D eigenvalue weighted by Crippen LogP contribution is -2.36. The molecule has 0 spiro atoms. The van der Waals surface area contributed by atoms with E-state index in [0.29, 0.717) is 11.4 Å². The second-order valence-electron chi connectivity index (χ2n) is 3.63. The summed E-state index contributed by atoms with van der Waals surface area (Å²) in [6, 6.07) is 1.36. The van der Waals surface area contributed by atoms with Crippen molar-refractivity contribution < 1.29 is 14.8 Å². The van der Waals surface area contributed by atoms with Crippen LogP contribution in [0.25, 0.3) is 0 Å². The van der Waals surface area contributed by atoms with Crippen molar-refractivity contribution in [1.82, 2.24) is 10.3 Å². The van der Waals surface area contributed by atoms with Crippen LogP contribution in [0, 0.1) is 17.0 Å². The highest BCUT2D eigenvalue weighted by molar-refractivity contribution is 5.80. The smallest absolute Gasteiger partial charge is 0.287 e. The van der Waals surface area contributed by atoms with E-state index in [2.05, 4.69) is 15.6 Å². The maximum atomic E-state index is 11.1. The van der Waals surface area contributed by atoms with Crippen LogP contribution in [0.4, 0.5) is 11.5 Å². The fourth-order valence-electron chi connectivity index (χ4n) is 1.30. The summed E-state index contributed by atoms with van der Waals surface area (Å²) in [7, 11) is 1.42. The number of hydrogen-bond acceptors (Lipinski definition) is 6. The third-order valence-electron chi connectivity index (χ3n) is 2.29. The van der Waals surface area contributed by atoms with Crippen LogP contribution in [0.5, 0.6) is 0 Å². The first-order chi connectivity index (χ1) is 8.45. The second kappa shape index (κ2) is 5.92. The number of rotatable bonds is 5. The molecule has 0 saturated heterocycles. The fraction of sp³-hybridized carbons (Fsp3) is 0.400. The van der Waals surface area contributed by atoms with Crippen LogP contribution in [0.2, 0.25) is 0 Å². The van der Waals surface area contributed by atoms with Gasteiger partial charge in [0.2, 0.25) is 5.91 Å². The summed E-state index contributed by atoms with van der Waals surface area (Å²) in [6.07, 6.45) is -0.0897. The minimum absolute atomic E-state index is 0.0225. The lowest BCUT2D eigenvalue weighted by molar-refractivity contribution is -0.385. The maximum absolute atomic E-state index is 11.1. The van der Waals surface area contributed by atoms with Crippen LogP contribution in [-0.2, 0) is 4.79 Å².